The summed E-state index contributed by atoms with van der Waals surface area (Å²) in [7, 11) is -3.55. The van der Waals surface area contributed by atoms with E-state index in [4.69, 9.17) is 0 Å². The summed E-state index contributed by atoms with van der Waals surface area (Å²) in [4.78, 5) is 29.5. The molecule has 42 heavy (non-hydrogen) atoms. The van der Waals surface area contributed by atoms with E-state index in [0.717, 1.165) is 47.9 Å². The monoisotopic (exact) mass is 589 g/mol. The van der Waals surface area contributed by atoms with Gasteiger partial charge in [0.05, 0.1) is 11.9 Å². The Bertz CT molecular complexity index is 1440. The molecular formula is C34H43N3O4S. The van der Waals surface area contributed by atoms with Crippen molar-refractivity contribution < 1.29 is 18.0 Å². The largest absolute Gasteiger partial charge is 0.352 e. The molecule has 0 aliphatic heterocycles. The fourth-order valence-corrected chi connectivity index (χ4v) is 6.54. The number of amides is 2. The number of hydrogen-bond donors (Lipinski definition) is 1. The Hall–Kier alpha value is -3.65. The average molecular weight is 590 g/mol. The molecule has 1 aliphatic carbocycles. The number of nitrogens with one attached hydrogen (secondary N) is 1. The lowest BCUT2D eigenvalue weighted by Gasteiger charge is -2.33. The van der Waals surface area contributed by atoms with Crippen LogP contribution in [0.1, 0.15) is 60.8 Å². The van der Waals surface area contributed by atoms with Crippen LogP contribution in [0.3, 0.4) is 0 Å². The third-order valence-electron chi connectivity index (χ3n) is 8.10. The Morgan fingerprint density at radius 3 is 2.10 bits per heavy atom. The van der Waals surface area contributed by atoms with Gasteiger partial charge in [-0.15, -0.1) is 0 Å². The number of carbonyl (C=O) groups is 2. The van der Waals surface area contributed by atoms with Crippen LogP contribution in [0.5, 0.6) is 0 Å². The molecule has 1 saturated carbocycles. The molecule has 3 aromatic carbocycles. The van der Waals surface area contributed by atoms with E-state index in [-0.39, 0.29) is 30.8 Å². The fourth-order valence-electron chi connectivity index (χ4n) is 5.59. The first-order valence-corrected chi connectivity index (χ1v) is 16.7. The minimum atomic E-state index is -3.55. The van der Waals surface area contributed by atoms with Crippen LogP contribution < -0.4 is 9.62 Å². The van der Waals surface area contributed by atoms with Crippen molar-refractivity contribution in [3.63, 3.8) is 0 Å². The normalized spacial score (nSPS) is 14.4. The van der Waals surface area contributed by atoms with Gasteiger partial charge in [0.1, 0.15) is 6.04 Å². The van der Waals surface area contributed by atoms with Crippen LogP contribution in [0.4, 0.5) is 5.69 Å². The lowest BCUT2D eigenvalue weighted by Crippen LogP contribution is -2.52. The minimum absolute atomic E-state index is 0.117. The number of hydrogen-bond acceptors (Lipinski definition) is 4. The SMILES string of the molecule is Cc1ccc(N(CCCC(=O)N(Cc2ccccc2)[C@H](Cc2ccccc2)C(=O)NC2CCCC2)S(C)(=O)=O)cc1C. The van der Waals surface area contributed by atoms with Crippen LogP contribution in [-0.2, 0) is 32.6 Å². The molecular weight excluding hydrogens is 546 g/mol. The zero-order chi connectivity index (χ0) is 30.1. The van der Waals surface area contributed by atoms with E-state index < -0.39 is 16.1 Å². The molecule has 1 fully saturated rings. The molecule has 0 saturated heterocycles. The second-order valence-corrected chi connectivity index (χ2v) is 13.3. The summed E-state index contributed by atoms with van der Waals surface area (Å²) in [5.41, 5.74) is 4.59. The van der Waals surface area contributed by atoms with E-state index in [9.17, 15) is 18.0 Å². The van der Waals surface area contributed by atoms with Crippen LogP contribution in [0.25, 0.3) is 0 Å². The van der Waals surface area contributed by atoms with Crippen molar-refractivity contribution in [1.82, 2.24) is 10.2 Å². The first-order valence-electron chi connectivity index (χ1n) is 14.8. The molecule has 0 radical (unpaired) electrons. The summed E-state index contributed by atoms with van der Waals surface area (Å²) >= 11 is 0. The molecule has 0 unspecified atom stereocenters. The Kier molecular flexibility index (Phi) is 10.8. The fraction of sp³-hybridized carbons (Fsp3) is 0.412. The van der Waals surface area contributed by atoms with Crippen LogP contribution in [0, 0.1) is 13.8 Å². The number of aryl methyl sites for hydroxylation is 2. The molecule has 1 atom stereocenters. The van der Waals surface area contributed by atoms with Crippen LogP contribution >= 0.6 is 0 Å². The zero-order valence-corrected chi connectivity index (χ0v) is 25.8. The minimum Gasteiger partial charge on any atom is -0.352 e. The highest BCUT2D eigenvalue weighted by atomic mass is 32.2. The number of benzene rings is 3. The van der Waals surface area contributed by atoms with Gasteiger partial charge in [0.25, 0.3) is 0 Å². The van der Waals surface area contributed by atoms with Crippen molar-refractivity contribution in [2.75, 3.05) is 17.1 Å². The first kappa shape index (κ1) is 31.3. The molecule has 2 amide bonds. The van der Waals surface area contributed by atoms with Crippen molar-refractivity contribution in [3.8, 4) is 0 Å². The zero-order valence-electron chi connectivity index (χ0n) is 25.0. The predicted octanol–water partition coefficient (Wildman–Crippen LogP) is 5.55. The molecule has 4 rings (SSSR count). The van der Waals surface area contributed by atoms with Crippen molar-refractivity contribution in [3.05, 3.63) is 101 Å². The van der Waals surface area contributed by atoms with Crippen molar-refractivity contribution in [2.45, 2.75) is 77.4 Å². The van der Waals surface area contributed by atoms with E-state index in [1.165, 1.54) is 10.6 Å². The maximum absolute atomic E-state index is 14.0. The Morgan fingerprint density at radius 1 is 0.881 bits per heavy atom. The number of anilines is 1. The molecule has 1 N–H and O–H groups in total. The summed E-state index contributed by atoms with van der Waals surface area (Å²) in [5, 5.41) is 3.23. The number of sulfonamides is 1. The molecule has 0 heterocycles. The van der Waals surface area contributed by atoms with Gasteiger partial charge in [-0.3, -0.25) is 13.9 Å². The summed E-state index contributed by atoms with van der Waals surface area (Å²) in [6.07, 6.45) is 6.13. The van der Waals surface area contributed by atoms with Crippen LogP contribution in [0.2, 0.25) is 0 Å². The molecule has 0 bridgehead atoms. The Labute approximate surface area is 251 Å². The van der Waals surface area contributed by atoms with Gasteiger partial charge in [-0.1, -0.05) is 79.6 Å². The van der Waals surface area contributed by atoms with Gasteiger partial charge in [0.15, 0.2) is 0 Å². The number of nitrogens with zero attached hydrogens (tertiary/aromatic N) is 2. The standard InChI is InChI=1S/C34H43N3O4S/c1-26-20-21-31(23-27(26)2)37(42(3,40)41)22-12-19-33(38)36(25-29-15-8-5-9-16-29)32(24-28-13-6-4-7-14-28)34(39)35-30-17-10-11-18-30/h4-9,13-16,20-21,23,30,32H,10-12,17-19,22,24-25H2,1-3H3,(H,35,39)/t32-/m1/s1. The molecule has 8 heteroatoms. The second kappa shape index (κ2) is 14.5. The summed E-state index contributed by atoms with van der Waals surface area (Å²) in [6, 6.07) is 24.5. The van der Waals surface area contributed by atoms with Crippen LogP contribution in [0.15, 0.2) is 78.9 Å². The summed E-state index contributed by atoms with van der Waals surface area (Å²) < 4.78 is 26.8. The molecule has 3 aromatic rings. The van der Waals surface area contributed by atoms with Gasteiger partial charge >= 0.3 is 0 Å². The summed E-state index contributed by atoms with van der Waals surface area (Å²) in [5.74, 6) is -0.308. The van der Waals surface area contributed by atoms with E-state index >= 15 is 0 Å². The van der Waals surface area contributed by atoms with Gasteiger partial charge in [-0.05, 0) is 67.5 Å². The molecule has 7 nitrogen and oxygen atoms in total. The lowest BCUT2D eigenvalue weighted by molar-refractivity contribution is -0.141. The topological polar surface area (TPSA) is 86.8 Å². The highest BCUT2D eigenvalue weighted by molar-refractivity contribution is 7.92. The molecule has 0 aromatic heterocycles. The maximum Gasteiger partial charge on any atom is 0.243 e. The van der Waals surface area contributed by atoms with Gasteiger partial charge in [0.2, 0.25) is 21.8 Å². The van der Waals surface area contributed by atoms with Gasteiger partial charge < -0.3 is 10.2 Å². The van der Waals surface area contributed by atoms with Crippen molar-refractivity contribution >= 4 is 27.5 Å². The highest BCUT2D eigenvalue weighted by Gasteiger charge is 2.32. The second-order valence-electron chi connectivity index (χ2n) is 11.4. The highest BCUT2D eigenvalue weighted by Crippen LogP contribution is 2.23. The third kappa shape index (κ3) is 8.68. The van der Waals surface area contributed by atoms with Crippen molar-refractivity contribution in [2.24, 2.45) is 0 Å². The van der Waals surface area contributed by atoms with Crippen LogP contribution in [-0.4, -0.2) is 50.0 Å². The predicted molar refractivity (Wildman–Crippen MR) is 169 cm³/mol. The van der Waals surface area contributed by atoms with E-state index in [0.29, 0.717) is 25.1 Å². The summed E-state index contributed by atoms with van der Waals surface area (Å²) in [6.45, 7) is 4.40. The number of rotatable bonds is 13. The molecule has 224 valence electrons. The lowest BCUT2D eigenvalue weighted by atomic mass is 10.0. The van der Waals surface area contributed by atoms with Gasteiger partial charge in [-0.2, -0.15) is 0 Å². The van der Waals surface area contributed by atoms with E-state index in [1.807, 2.05) is 86.6 Å². The van der Waals surface area contributed by atoms with Crippen molar-refractivity contribution in [1.29, 1.82) is 0 Å². The number of carbonyl (C=O) groups excluding carboxylic acids is 2. The Morgan fingerprint density at radius 2 is 1.50 bits per heavy atom. The molecule has 0 spiro atoms. The van der Waals surface area contributed by atoms with Gasteiger partial charge in [0, 0.05) is 32.0 Å². The maximum atomic E-state index is 14.0. The van der Waals surface area contributed by atoms with Gasteiger partial charge in [-0.25, -0.2) is 8.42 Å². The third-order valence-corrected chi connectivity index (χ3v) is 9.29. The van der Waals surface area contributed by atoms with E-state index in [2.05, 4.69) is 5.32 Å². The molecule has 1 aliphatic rings. The quantitative estimate of drug-likeness (QED) is 0.283. The Balaban J connectivity index is 1.57. The first-order chi connectivity index (χ1) is 20.1. The average Bonchev–Trinajstić information content (AvgIpc) is 3.48. The smallest absolute Gasteiger partial charge is 0.243 e. The van der Waals surface area contributed by atoms with E-state index in [1.54, 1.807) is 11.0 Å².